The van der Waals surface area contributed by atoms with Gasteiger partial charge in [0.05, 0.1) is 12.3 Å². The Balaban J connectivity index is 1.96. The molecular weight excluding hydrogens is 220 g/mol. The molecule has 5 heteroatoms. The molecule has 0 aliphatic carbocycles. The van der Waals surface area contributed by atoms with E-state index < -0.39 is 0 Å². The predicted octanol–water partition coefficient (Wildman–Crippen LogP) is 1.44. The Labute approximate surface area is 102 Å². The molecule has 1 aliphatic rings. The Morgan fingerprint density at radius 3 is 3.18 bits per heavy atom. The van der Waals surface area contributed by atoms with Crippen LogP contribution < -0.4 is 5.32 Å². The third-order valence-corrected chi connectivity index (χ3v) is 3.12. The Morgan fingerprint density at radius 1 is 1.59 bits per heavy atom. The first-order valence-electron chi connectivity index (χ1n) is 6.03. The zero-order chi connectivity index (χ0) is 12.1. The Morgan fingerprint density at radius 2 is 2.47 bits per heavy atom. The highest BCUT2D eigenvalue weighted by molar-refractivity contribution is 5.16. The van der Waals surface area contributed by atoms with E-state index in [0.29, 0.717) is 13.2 Å². The first kappa shape index (κ1) is 12.5. The van der Waals surface area contributed by atoms with Crippen LogP contribution in [-0.4, -0.2) is 31.9 Å². The van der Waals surface area contributed by atoms with Crippen molar-refractivity contribution in [2.45, 2.75) is 31.9 Å². The van der Waals surface area contributed by atoms with Crippen molar-refractivity contribution < 1.29 is 13.9 Å². The molecule has 1 fully saturated rings. The van der Waals surface area contributed by atoms with Crippen molar-refractivity contribution in [2.75, 3.05) is 26.9 Å². The summed E-state index contributed by atoms with van der Waals surface area (Å²) < 4.78 is 16.2. The zero-order valence-corrected chi connectivity index (χ0v) is 10.5. The number of nitrogens with zero attached hydrogens (tertiary/aromatic N) is 1. The standard InChI is InChI=1S/C12H20N2O3/c1-12(4-3-6-17-12)11-10(14-9-16-11)8-13-5-7-15-2/h9,13H,3-8H2,1-2H3. The molecule has 0 radical (unpaired) electrons. The van der Waals surface area contributed by atoms with Gasteiger partial charge in [-0.3, -0.25) is 0 Å². The maximum absolute atomic E-state index is 5.77. The minimum atomic E-state index is -0.297. The molecular formula is C12H20N2O3. The number of rotatable bonds is 6. The average molecular weight is 240 g/mol. The van der Waals surface area contributed by atoms with Crippen molar-refractivity contribution in [3.8, 4) is 0 Å². The summed E-state index contributed by atoms with van der Waals surface area (Å²) >= 11 is 0. The van der Waals surface area contributed by atoms with Crippen LogP contribution in [0, 0.1) is 0 Å². The lowest BCUT2D eigenvalue weighted by atomic mass is 9.98. The highest BCUT2D eigenvalue weighted by Gasteiger charge is 2.37. The van der Waals surface area contributed by atoms with Crippen LogP contribution in [0.2, 0.25) is 0 Å². The van der Waals surface area contributed by atoms with Crippen molar-refractivity contribution in [3.63, 3.8) is 0 Å². The third kappa shape index (κ3) is 2.86. The fourth-order valence-electron chi connectivity index (χ4n) is 2.16. The molecule has 0 bridgehead atoms. The number of hydrogen-bond acceptors (Lipinski definition) is 5. The lowest BCUT2D eigenvalue weighted by Gasteiger charge is -2.21. The van der Waals surface area contributed by atoms with E-state index in [-0.39, 0.29) is 5.60 Å². The second-order valence-corrected chi connectivity index (χ2v) is 4.48. The molecule has 1 N–H and O–H groups in total. The molecule has 5 nitrogen and oxygen atoms in total. The maximum Gasteiger partial charge on any atom is 0.181 e. The van der Waals surface area contributed by atoms with Gasteiger partial charge in [-0.05, 0) is 19.8 Å². The smallest absolute Gasteiger partial charge is 0.181 e. The van der Waals surface area contributed by atoms with Gasteiger partial charge in [0.15, 0.2) is 12.2 Å². The minimum absolute atomic E-state index is 0.297. The van der Waals surface area contributed by atoms with Crippen molar-refractivity contribution in [2.24, 2.45) is 0 Å². The Bertz CT molecular complexity index is 345. The van der Waals surface area contributed by atoms with Crippen LogP contribution in [0.4, 0.5) is 0 Å². The van der Waals surface area contributed by atoms with E-state index in [4.69, 9.17) is 13.9 Å². The van der Waals surface area contributed by atoms with E-state index in [1.807, 2.05) is 0 Å². The lowest BCUT2D eigenvalue weighted by molar-refractivity contribution is -0.00185. The van der Waals surface area contributed by atoms with Crippen LogP contribution >= 0.6 is 0 Å². The highest BCUT2D eigenvalue weighted by atomic mass is 16.5. The van der Waals surface area contributed by atoms with Gasteiger partial charge < -0.3 is 19.2 Å². The van der Waals surface area contributed by atoms with Gasteiger partial charge in [-0.15, -0.1) is 0 Å². The quantitative estimate of drug-likeness (QED) is 0.762. The van der Waals surface area contributed by atoms with Gasteiger partial charge in [-0.2, -0.15) is 0 Å². The molecule has 2 heterocycles. The fourth-order valence-corrected chi connectivity index (χ4v) is 2.16. The SMILES string of the molecule is COCCNCc1ncoc1C1(C)CCCO1. The first-order chi connectivity index (χ1) is 8.26. The van der Waals surface area contributed by atoms with Gasteiger partial charge in [0.1, 0.15) is 5.60 Å². The summed E-state index contributed by atoms with van der Waals surface area (Å²) in [5, 5.41) is 3.27. The maximum atomic E-state index is 5.77. The lowest BCUT2D eigenvalue weighted by Crippen LogP contribution is -2.24. The fraction of sp³-hybridized carbons (Fsp3) is 0.750. The predicted molar refractivity (Wildman–Crippen MR) is 62.6 cm³/mol. The molecule has 0 aromatic carbocycles. The molecule has 0 saturated carbocycles. The largest absolute Gasteiger partial charge is 0.445 e. The molecule has 2 rings (SSSR count). The molecule has 1 aromatic heterocycles. The van der Waals surface area contributed by atoms with Crippen molar-refractivity contribution >= 4 is 0 Å². The summed E-state index contributed by atoms with van der Waals surface area (Å²) in [6.07, 6.45) is 3.57. The van der Waals surface area contributed by atoms with Crippen molar-refractivity contribution in [1.29, 1.82) is 0 Å². The molecule has 1 aliphatic heterocycles. The highest BCUT2D eigenvalue weighted by Crippen LogP contribution is 2.37. The monoisotopic (exact) mass is 240 g/mol. The van der Waals surface area contributed by atoms with E-state index in [2.05, 4.69) is 17.2 Å². The van der Waals surface area contributed by atoms with Gasteiger partial charge in [-0.25, -0.2) is 4.98 Å². The van der Waals surface area contributed by atoms with Crippen molar-refractivity contribution in [3.05, 3.63) is 17.8 Å². The third-order valence-electron chi connectivity index (χ3n) is 3.12. The van der Waals surface area contributed by atoms with Gasteiger partial charge in [0, 0.05) is 26.8 Å². The Hall–Kier alpha value is -0.910. The Kier molecular flexibility index (Phi) is 4.15. The summed E-state index contributed by atoms with van der Waals surface area (Å²) in [7, 11) is 1.69. The minimum Gasteiger partial charge on any atom is -0.445 e. The second kappa shape index (κ2) is 5.62. The zero-order valence-electron chi connectivity index (χ0n) is 10.5. The molecule has 0 spiro atoms. The second-order valence-electron chi connectivity index (χ2n) is 4.48. The van der Waals surface area contributed by atoms with Gasteiger partial charge >= 0.3 is 0 Å². The van der Waals surface area contributed by atoms with E-state index in [0.717, 1.165) is 37.4 Å². The number of hydrogen-bond donors (Lipinski definition) is 1. The van der Waals surface area contributed by atoms with E-state index >= 15 is 0 Å². The van der Waals surface area contributed by atoms with Crippen LogP contribution in [-0.2, 0) is 21.6 Å². The molecule has 1 saturated heterocycles. The number of ether oxygens (including phenoxy) is 2. The van der Waals surface area contributed by atoms with Gasteiger partial charge in [0.25, 0.3) is 0 Å². The number of nitrogens with one attached hydrogen (secondary N) is 1. The number of aromatic nitrogens is 1. The van der Waals surface area contributed by atoms with E-state index in [9.17, 15) is 0 Å². The summed E-state index contributed by atoms with van der Waals surface area (Å²) in [6, 6.07) is 0. The number of oxazole rings is 1. The topological polar surface area (TPSA) is 56.5 Å². The summed E-state index contributed by atoms with van der Waals surface area (Å²) in [6.45, 7) is 5.06. The summed E-state index contributed by atoms with van der Waals surface area (Å²) in [5.74, 6) is 0.861. The first-order valence-corrected chi connectivity index (χ1v) is 6.03. The van der Waals surface area contributed by atoms with E-state index in [1.165, 1.54) is 6.39 Å². The molecule has 96 valence electrons. The molecule has 1 aromatic rings. The summed E-state index contributed by atoms with van der Waals surface area (Å²) in [4.78, 5) is 4.25. The normalized spacial score (nSPS) is 24.4. The molecule has 1 atom stereocenters. The molecule has 17 heavy (non-hydrogen) atoms. The van der Waals surface area contributed by atoms with Crippen LogP contribution in [0.3, 0.4) is 0 Å². The van der Waals surface area contributed by atoms with E-state index in [1.54, 1.807) is 7.11 Å². The van der Waals surface area contributed by atoms with Crippen LogP contribution in [0.1, 0.15) is 31.2 Å². The van der Waals surface area contributed by atoms with Gasteiger partial charge in [-0.1, -0.05) is 0 Å². The van der Waals surface area contributed by atoms with Crippen LogP contribution in [0.25, 0.3) is 0 Å². The molecule has 0 amide bonds. The van der Waals surface area contributed by atoms with Crippen LogP contribution in [0.15, 0.2) is 10.8 Å². The van der Waals surface area contributed by atoms with Crippen LogP contribution in [0.5, 0.6) is 0 Å². The van der Waals surface area contributed by atoms with Crippen molar-refractivity contribution in [1.82, 2.24) is 10.3 Å². The van der Waals surface area contributed by atoms with Gasteiger partial charge in [0.2, 0.25) is 0 Å². The summed E-state index contributed by atoms with van der Waals surface area (Å²) in [5.41, 5.74) is 0.639. The molecule has 1 unspecified atom stereocenters. The number of methoxy groups -OCH3 is 1. The average Bonchev–Trinajstić information content (AvgIpc) is 2.94.